The Kier molecular flexibility index (Phi) is 4.86. The number of hydrogen-bond acceptors (Lipinski definition) is 4. The molecule has 0 spiro atoms. The van der Waals surface area contributed by atoms with Gasteiger partial charge in [0, 0.05) is 37.6 Å². The number of anilines is 1. The average Bonchev–Trinajstić information content (AvgIpc) is 2.89. The molecule has 0 fully saturated rings. The molecular weight excluding hydrogens is 354 g/mol. The molecule has 0 N–H and O–H groups in total. The van der Waals surface area contributed by atoms with E-state index in [0.29, 0.717) is 21.8 Å². The van der Waals surface area contributed by atoms with Gasteiger partial charge in [-0.05, 0) is 30.3 Å². The summed E-state index contributed by atoms with van der Waals surface area (Å²) in [7, 11) is 3.23. The van der Waals surface area contributed by atoms with E-state index in [4.69, 9.17) is 11.6 Å². The van der Waals surface area contributed by atoms with E-state index in [9.17, 15) is 14.4 Å². The summed E-state index contributed by atoms with van der Waals surface area (Å²) in [5, 5.41) is 0.348. The summed E-state index contributed by atoms with van der Waals surface area (Å²) >= 11 is 6.28. The van der Waals surface area contributed by atoms with E-state index in [1.165, 1.54) is 22.1 Å². The minimum atomic E-state index is -0.430. The molecule has 2 amide bonds. The number of aromatic nitrogens is 1. The highest BCUT2D eigenvalue weighted by molar-refractivity contribution is 6.42. The Balaban J connectivity index is 2.05. The van der Waals surface area contributed by atoms with Gasteiger partial charge in [0.15, 0.2) is 5.78 Å². The van der Waals surface area contributed by atoms with Gasteiger partial charge in [0.25, 0.3) is 5.91 Å². The zero-order valence-corrected chi connectivity index (χ0v) is 15.0. The predicted octanol–water partition coefficient (Wildman–Crippen LogP) is 2.44. The lowest BCUT2D eigenvalue weighted by atomic mass is 10.0. The molecule has 0 saturated heterocycles. The van der Waals surface area contributed by atoms with Crippen LogP contribution in [0.2, 0.25) is 5.02 Å². The lowest BCUT2D eigenvalue weighted by Gasteiger charge is -2.19. The van der Waals surface area contributed by atoms with E-state index < -0.39 is 5.91 Å². The van der Waals surface area contributed by atoms with Crippen molar-refractivity contribution in [1.29, 1.82) is 0 Å². The van der Waals surface area contributed by atoms with Gasteiger partial charge in [-0.25, -0.2) is 0 Å². The number of halogens is 1. The maximum absolute atomic E-state index is 12.9. The highest BCUT2D eigenvalue weighted by Gasteiger charge is 2.35. The van der Waals surface area contributed by atoms with Crippen LogP contribution >= 0.6 is 11.6 Å². The molecule has 132 valence electrons. The number of likely N-dealkylation sites (N-methyl/N-ethyl adjacent to an activating group) is 1. The topological polar surface area (TPSA) is 70.6 Å². The van der Waals surface area contributed by atoms with Crippen LogP contribution in [0.5, 0.6) is 0 Å². The first-order valence-corrected chi connectivity index (χ1v) is 8.25. The van der Waals surface area contributed by atoms with Gasteiger partial charge in [0.1, 0.15) is 6.54 Å². The van der Waals surface area contributed by atoms with Crippen LogP contribution in [0.4, 0.5) is 5.69 Å². The molecule has 6 nitrogen and oxygen atoms in total. The lowest BCUT2D eigenvalue weighted by molar-refractivity contribution is -0.128. The monoisotopic (exact) mass is 369 g/mol. The second-order valence-electron chi connectivity index (χ2n) is 5.98. The van der Waals surface area contributed by atoms with Crippen molar-refractivity contribution in [3.63, 3.8) is 0 Å². The van der Waals surface area contributed by atoms with Crippen LogP contribution < -0.4 is 4.90 Å². The van der Waals surface area contributed by atoms with Crippen molar-refractivity contribution in [2.45, 2.75) is 0 Å². The summed E-state index contributed by atoms with van der Waals surface area (Å²) in [5.74, 6) is -1.02. The molecule has 1 aromatic heterocycles. The van der Waals surface area contributed by atoms with Crippen molar-refractivity contribution in [2.75, 3.05) is 25.5 Å². The second kappa shape index (κ2) is 7.09. The van der Waals surface area contributed by atoms with Crippen LogP contribution in [0.1, 0.15) is 15.9 Å². The molecule has 0 aliphatic carbocycles. The first kappa shape index (κ1) is 17.8. The molecule has 1 aliphatic rings. The molecule has 2 aromatic rings. The molecule has 0 atom stereocenters. The number of benzene rings is 1. The van der Waals surface area contributed by atoms with Gasteiger partial charge in [-0.15, -0.1) is 0 Å². The maximum Gasteiger partial charge on any atom is 0.259 e. The Morgan fingerprint density at radius 3 is 2.65 bits per heavy atom. The smallest absolute Gasteiger partial charge is 0.259 e. The van der Waals surface area contributed by atoms with E-state index >= 15 is 0 Å². The molecule has 1 aliphatic heterocycles. The molecule has 2 heterocycles. The molecule has 3 rings (SSSR count). The van der Waals surface area contributed by atoms with Crippen molar-refractivity contribution in [1.82, 2.24) is 9.88 Å². The van der Waals surface area contributed by atoms with Crippen LogP contribution in [0, 0.1) is 0 Å². The summed E-state index contributed by atoms with van der Waals surface area (Å²) in [6, 6.07) is 8.32. The molecule has 0 bridgehead atoms. The molecule has 1 aromatic carbocycles. The Labute approximate surface area is 155 Å². The molecular formula is C19H16ClN3O3. The van der Waals surface area contributed by atoms with Gasteiger partial charge in [-0.1, -0.05) is 17.7 Å². The molecule has 0 unspecified atom stereocenters. The number of nitrogens with zero attached hydrogens (tertiary/aromatic N) is 3. The average molecular weight is 370 g/mol. The first-order chi connectivity index (χ1) is 12.4. The van der Waals surface area contributed by atoms with Crippen LogP contribution in [0.15, 0.2) is 48.8 Å². The second-order valence-corrected chi connectivity index (χ2v) is 6.38. The Hall–Kier alpha value is -2.99. The summed E-state index contributed by atoms with van der Waals surface area (Å²) in [4.78, 5) is 44.1. The zero-order valence-electron chi connectivity index (χ0n) is 14.3. The highest BCUT2D eigenvalue weighted by Crippen LogP contribution is 2.41. The number of carbonyl (C=O) groups excluding carboxylic acids is 3. The largest absolute Gasteiger partial charge is 0.347 e. The number of fused-ring (bicyclic) bond motifs is 1. The van der Waals surface area contributed by atoms with E-state index in [2.05, 4.69) is 4.98 Å². The van der Waals surface area contributed by atoms with Gasteiger partial charge in [-0.2, -0.15) is 0 Å². The number of allylic oxidation sites excluding steroid dienone is 1. The van der Waals surface area contributed by atoms with Crippen LogP contribution in [-0.2, 0) is 9.59 Å². The highest BCUT2D eigenvalue weighted by atomic mass is 35.5. The van der Waals surface area contributed by atoms with Gasteiger partial charge in [0.2, 0.25) is 5.91 Å². The SMILES string of the molecule is CN(C)C(=O)CN1C(=O)/C(=C/C(=O)c2cccnc2)c2c(Cl)cccc21. The van der Waals surface area contributed by atoms with Gasteiger partial charge < -0.3 is 4.90 Å². The van der Waals surface area contributed by atoms with Crippen LogP contribution in [0.25, 0.3) is 5.57 Å². The van der Waals surface area contributed by atoms with E-state index in [-0.39, 0.29) is 23.8 Å². The van der Waals surface area contributed by atoms with Crippen molar-refractivity contribution in [3.05, 3.63) is 65.0 Å². The Bertz CT molecular complexity index is 923. The predicted molar refractivity (Wildman–Crippen MR) is 99.0 cm³/mol. The number of hydrogen-bond donors (Lipinski definition) is 0. The van der Waals surface area contributed by atoms with Crippen molar-refractivity contribution < 1.29 is 14.4 Å². The normalized spacial score (nSPS) is 14.5. The number of carbonyl (C=O) groups is 3. The van der Waals surface area contributed by atoms with Crippen molar-refractivity contribution >= 4 is 40.5 Å². The van der Waals surface area contributed by atoms with Crippen molar-refractivity contribution in [3.8, 4) is 0 Å². The summed E-state index contributed by atoms with van der Waals surface area (Å²) < 4.78 is 0. The maximum atomic E-state index is 12.9. The summed E-state index contributed by atoms with van der Waals surface area (Å²) in [5.41, 5.74) is 1.51. The summed E-state index contributed by atoms with van der Waals surface area (Å²) in [6.07, 6.45) is 4.25. The molecule has 0 saturated carbocycles. The minimum Gasteiger partial charge on any atom is -0.347 e. The standard InChI is InChI=1S/C19H16ClN3O3/c1-22(2)17(25)11-23-15-7-3-6-14(20)18(15)13(19(23)26)9-16(24)12-5-4-8-21-10-12/h3-10H,11H2,1-2H3/b13-9+. The Morgan fingerprint density at radius 1 is 1.23 bits per heavy atom. The van der Waals surface area contributed by atoms with Crippen LogP contribution in [0.3, 0.4) is 0 Å². The molecule has 0 radical (unpaired) electrons. The fourth-order valence-electron chi connectivity index (χ4n) is 2.66. The van der Waals surface area contributed by atoms with Crippen molar-refractivity contribution in [2.24, 2.45) is 0 Å². The van der Waals surface area contributed by atoms with E-state index in [1.54, 1.807) is 50.6 Å². The minimum absolute atomic E-state index is 0.127. The van der Waals surface area contributed by atoms with Gasteiger partial charge in [-0.3, -0.25) is 24.3 Å². The van der Waals surface area contributed by atoms with E-state index in [0.717, 1.165) is 0 Å². The number of amides is 2. The van der Waals surface area contributed by atoms with Gasteiger partial charge in [0.05, 0.1) is 16.3 Å². The third-order valence-corrected chi connectivity index (χ3v) is 4.36. The lowest BCUT2D eigenvalue weighted by Crippen LogP contribution is -2.38. The number of rotatable bonds is 4. The third kappa shape index (κ3) is 3.23. The third-order valence-electron chi connectivity index (χ3n) is 4.04. The first-order valence-electron chi connectivity index (χ1n) is 7.87. The fraction of sp³-hybridized carbons (Fsp3) is 0.158. The quantitative estimate of drug-likeness (QED) is 0.613. The summed E-state index contributed by atoms with van der Waals surface area (Å²) in [6.45, 7) is -0.127. The number of ketones is 1. The van der Waals surface area contributed by atoms with Gasteiger partial charge >= 0.3 is 0 Å². The fourth-order valence-corrected chi connectivity index (χ4v) is 2.93. The van der Waals surface area contributed by atoms with Crippen LogP contribution in [-0.4, -0.2) is 48.1 Å². The zero-order chi connectivity index (χ0) is 18.8. The number of pyridine rings is 1. The molecule has 26 heavy (non-hydrogen) atoms. The van der Waals surface area contributed by atoms with E-state index in [1.807, 2.05) is 0 Å². The Morgan fingerprint density at radius 2 is 2.00 bits per heavy atom. The molecule has 7 heteroatoms.